The molecule has 0 aliphatic heterocycles. The fraction of sp³-hybridized carbons (Fsp3) is 0.318. The summed E-state index contributed by atoms with van der Waals surface area (Å²) < 4.78 is 74.4. The Morgan fingerprint density at radius 1 is 1.12 bits per heavy atom. The molecule has 3 aromatic rings. The first-order valence-electron chi connectivity index (χ1n) is 9.83. The van der Waals surface area contributed by atoms with Crippen molar-refractivity contribution < 1.29 is 31.5 Å². The summed E-state index contributed by atoms with van der Waals surface area (Å²) >= 11 is 0. The summed E-state index contributed by atoms with van der Waals surface area (Å²) in [4.78, 5) is 31.1. The number of halogens is 5. The van der Waals surface area contributed by atoms with E-state index in [1.807, 2.05) is 0 Å². The number of carbonyl (C=O) groups is 1. The molecule has 33 heavy (non-hydrogen) atoms. The summed E-state index contributed by atoms with van der Waals surface area (Å²) in [5.74, 6) is -2.71. The molecule has 1 amide bonds. The third-order valence-corrected chi connectivity index (χ3v) is 4.47. The van der Waals surface area contributed by atoms with Crippen LogP contribution in [0.1, 0.15) is 33.3 Å². The zero-order chi connectivity index (χ0) is 24.7. The fourth-order valence-electron chi connectivity index (χ4n) is 3.13. The van der Waals surface area contributed by atoms with Crippen LogP contribution in [0.15, 0.2) is 41.2 Å². The Kier molecular flexibility index (Phi) is 6.18. The van der Waals surface area contributed by atoms with E-state index in [-0.39, 0.29) is 18.1 Å². The van der Waals surface area contributed by atoms with Gasteiger partial charge in [0.25, 0.3) is 5.56 Å². The van der Waals surface area contributed by atoms with E-state index in [1.165, 1.54) is 19.1 Å². The van der Waals surface area contributed by atoms with Gasteiger partial charge in [-0.15, -0.1) is 0 Å². The van der Waals surface area contributed by atoms with Gasteiger partial charge in [0.15, 0.2) is 0 Å². The Bertz CT molecular complexity index is 1280. The van der Waals surface area contributed by atoms with Crippen molar-refractivity contribution >= 4 is 22.9 Å². The van der Waals surface area contributed by atoms with E-state index in [4.69, 9.17) is 4.74 Å². The van der Waals surface area contributed by atoms with Gasteiger partial charge in [0.1, 0.15) is 22.6 Å². The number of nitrogens with zero attached hydrogens (tertiary/aromatic N) is 3. The minimum Gasteiger partial charge on any atom is -0.443 e. The number of rotatable bonds is 3. The van der Waals surface area contributed by atoms with Crippen LogP contribution in [0.5, 0.6) is 0 Å². The van der Waals surface area contributed by atoms with Crippen molar-refractivity contribution in [1.82, 2.24) is 9.55 Å². The number of fused-ring (bicyclic) bond motifs is 1. The molecule has 0 atom stereocenters. The summed E-state index contributed by atoms with van der Waals surface area (Å²) in [6.07, 6.45) is -5.87. The molecule has 0 saturated heterocycles. The minimum atomic E-state index is -4.92. The Balaban J connectivity index is 2.40. The molecule has 6 nitrogen and oxygen atoms in total. The van der Waals surface area contributed by atoms with Gasteiger partial charge in [0.2, 0.25) is 5.95 Å². The number of aromatic nitrogens is 2. The van der Waals surface area contributed by atoms with Crippen molar-refractivity contribution in [2.45, 2.75) is 39.5 Å². The van der Waals surface area contributed by atoms with E-state index in [2.05, 4.69) is 4.98 Å². The third kappa shape index (κ3) is 4.96. The lowest BCUT2D eigenvalue weighted by molar-refractivity contribution is -0.137. The first-order chi connectivity index (χ1) is 15.2. The number of anilines is 1. The van der Waals surface area contributed by atoms with E-state index in [9.17, 15) is 31.5 Å². The molecule has 0 radical (unpaired) electrons. The van der Waals surface area contributed by atoms with E-state index in [1.54, 1.807) is 20.8 Å². The average Bonchev–Trinajstić information content (AvgIpc) is 2.66. The molecule has 0 aliphatic rings. The highest BCUT2D eigenvalue weighted by Crippen LogP contribution is 2.32. The topological polar surface area (TPSA) is 64.4 Å². The van der Waals surface area contributed by atoms with Crippen LogP contribution in [-0.2, 0) is 10.9 Å². The summed E-state index contributed by atoms with van der Waals surface area (Å²) in [6, 6.07) is 5.01. The van der Waals surface area contributed by atoms with E-state index < -0.39 is 57.6 Å². The number of benzene rings is 2. The smallest absolute Gasteiger partial charge is 0.417 e. The Morgan fingerprint density at radius 3 is 2.36 bits per heavy atom. The molecule has 0 aliphatic carbocycles. The van der Waals surface area contributed by atoms with Crippen LogP contribution in [0.2, 0.25) is 0 Å². The zero-order valence-electron chi connectivity index (χ0n) is 18.1. The highest BCUT2D eigenvalue weighted by Gasteiger charge is 2.33. The SMILES string of the molecule is CCN(C(=O)OC(C)(C)C)c1nc2cccc(F)c2c(=O)n1-c1cc(F)cc(C(F)(F)F)c1. The van der Waals surface area contributed by atoms with Crippen molar-refractivity contribution in [1.29, 1.82) is 0 Å². The van der Waals surface area contributed by atoms with Crippen LogP contribution in [0, 0.1) is 11.6 Å². The van der Waals surface area contributed by atoms with E-state index in [0.29, 0.717) is 16.7 Å². The second-order valence-corrected chi connectivity index (χ2v) is 8.11. The summed E-state index contributed by atoms with van der Waals surface area (Å²) in [5.41, 5.74) is -4.15. The molecule has 0 saturated carbocycles. The maximum Gasteiger partial charge on any atom is 0.417 e. The Labute approximate surface area is 185 Å². The van der Waals surface area contributed by atoms with Gasteiger partial charge >= 0.3 is 12.3 Å². The molecule has 3 rings (SSSR count). The summed E-state index contributed by atoms with van der Waals surface area (Å²) in [6.45, 7) is 6.19. The lowest BCUT2D eigenvalue weighted by Gasteiger charge is -2.27. The number of carbonyl (C=O) groups excluding carboxylic acids is 1. The van der Waals surface area contributed by atoms with Gasteiger partial charge in [-0.05, 0) is 58.0 Å². The first kappa shape index (κ1) is 24.1. The molecule has 176 valence electrons. The van der Waals surface area contributed by atoms with Gasteiger partial charge in [-0.1, -0.05) is 6.07 Å². The number of hydrogen-bond acceptors (Lipinski definition) is 4. The van der Waals surface area contributed by atoms with Gasteiger partial charge in [-0.25, -0.2) is 28.0 Å². The van der Waals surface area contributed by atoms with Gasteiger partial charge < -0.3 is 4.74 Å². The van der Waals surface area contributed by atoms with Gasteiger partial charge in [0, 0.05) is 6.54 Å². The molecular weight excluding hydrogens is 449 g/mol. The maximum atomic E-state index is 14.5. The van der Waals surface area contributed by atoms with Crippen LogP contribution in [0.25, 0.3) is 16.6 Å². The molecule has 0 spiro atoms. The highest BCUT2D eigenvalue weighted by molar-refractivity contribution is 5.88. The molecule has 0 unspecified atom stereocenters. The van der Waals surface area contributed by atoms with E-state index in [0.717, 1.165) is 11.0 Å². The first-order valence-corrected chi connectivity index (χ1v) is 9.83. The van der Waals surface area contributed by atoms with Crippen molar-refractivity contribution in [3.63, 3.8) is 0 Å². The largest absolute Gasteiger partial charge is 0.443 e. The molecule has 0 bridgehead atoms. The van der Waals surface area contributed by atoms with Crippen molar-refractivity contribution in [3.05, 3.63) is 63.9 Å². The Morgan fingerprint density at radius 2 is 1.79 bits per heavy atom. The minimum absolute atomic E-state index is 0.108. The normalized spacial score (nSPS) is 12.2. The van der Waals surface area contributed by atoms with Crippen LogP contribution in [0.4, 0.5) is 32.7 Å². The molecular formula is C22H20F5N3O3. The highest BCUT2D eigenvalue weighted by atomic mass is 19.4. The van der Waals surface area contributed by atoms with Crippen LogP contribution in [-0.4, -0.2) is 27.8 Å². The van der Waals surface area contributed by atoms with E-state index >= 15 is 0 Å². The second-order valence-electron chi connectivity index (χ2n) is 8.11. The fourth-order valence-corrected chi connectivity index (χ4v) is 3.13. The molecule has 1 aromatic heterocycles. The maximum absolute atomic E-state index is 14.5. The predicted octanol–water partition coefficient (Wildman–Crippen LogP) is 5.44. The molecule has 1 heterocycles. The number of amides is 1. The van der Waals surface area contributed by atoms with Crippen LogP contribution in [0.3, 0.4) is 0 Å². The lowest BCUT2D eigenvalue weighted by Crippen LogP contribution is -2.40. The number of alkyl halides is 3. The van der Waals surface area contributed by atoms with Gasteiger partial charge in [-0.3, -0.25) is 4.79 Å². The van der Waals surface area contributed by atoms with Crippen molar-refractivity contribution in [3.8, 4) is 5.69 Å². The standard InChI is InChI=1S/C22H20F5N3O3/c1-5-29(20(32)33-21(2,3)4)19-28-16-8-6-7-15(24)17(16)18(31)30(19)14-10-12(22(25,26)27)9-13(23)11-14/h6-11H,5H2,1-4H3. The van der Waals surface area contributed by atoms with Crippen LogP contribution < -0.4 is 10.5 Å². The molecule has 11 heteroatoms. The van der Waals surface area contributed by atoms with Gasteiger partial charge in [-0.2, -0.15) is 13.2 Å². The summed E-state index contributed by atoms with van der Waals surface area (Å²) in [5, 5.41) is -0.528. The predicted molar refractivity (Wildman–Crippen MR) is 112 cm³/mol. The van der Waals surface area contributed by atoms with Crippen molar-refractivity contribution in [2.24, 2.45) is 0 Å². The second kappa shape index (κ2) is 8.45. The Hall–Kier alpha value is -3.50. The third-order valence-electron chi connectivity index (χ3n) is 4.47. The molecule has 0 fully saturated rings. The summed E-state index contributed by atoms with van der Waals surface area (Å²) in [7, 11) is 0. The zero-order valence-corrected chi connectivity index (χ0v) is 18.1. The monoisotopic (exact) mass is 469 g/mol. The number of ether oxygens (including phenoxy) is 1. The number of hydrogen-bond donors (Lipinski definition) is 0. The lowest BCUT2D eigenvalue weighted by atomic mass is 10.1. The molecule has 0 N–H and O–H groups in total. The van der Waals surface area contributed by atoms with Gasteiger partial charge in [0.05, 0.1) is 16.8 Å². The van der Waals surface area contributed by atoms with Crippen molar-refractivity contribution in [2.75, 3.05) is 11.4 Å². The quantitative estimate of drug-likeness (QED) is 0.479. The van der Waals surface area contributed by atoms with Crippen LogP contribution >= 0.6 is 0 Å². The molecule has 2 aromatic carbocycles. The average molecular weight is 469 g/mol.